The van der Waals surface area contributed by atoms with Crippen molar-refractivity contribution in [3.63, 3.8) is 0 Å². The van der Waals surface area contributed by atoms with Gasteiger partial charge in [0.25, 0.3) is 0 Å². The summed E-state index contributed by atoms with van der Waals surface area (Å²) in [5.41, 5.74) is 6.10. The molecule has 1 fully saturated rings. The molecule has 3 aromatic carbocycles. The van der Waals surface area contributed by atoms with E-state index in [1.54, 1.807) is 53.7 Å². The number of benzene rings is 3. The highest BCUT2D eigenvalue weighted by Crippen LogP contribution is 2.44. The third-order valence-electron chi connectivity index (χ3n) is 12.5. The highest BCUT2D eigenvalue weighted by molar-refractivity contribution is 6.00. The van der Waals surface area contributed by atoms with Crippen LogP contribution in [0.3, 0.4) is 0 Å². The van der Waals surface area contributed by atoms with E-state index >= 15 is 4.39 Å². The van der Waals surface area contributed by atoms with Gasteiger partial charge in [-0.05, 0) is 89.3 Å². The number of nitrogens with zero attached hydrogens (tertiary/aromatic N) is 1. The summed E-state index contributed by atoms with van der Waals surface area (Å²) in [7, 11) is 2.38. The molecule has 2 aliphatic heterocycles. The number of hydrogen-bond donors (Lipinski definition) is 4. The topological polar surface area (TPSA) is 181 Å². The highest BCUT2D eigenvalue weighted by Gasteiger charge is 2.43. The number of likely N-dealkylation sites (tertiary alicyclic amines) is 1. The van der Waals surface area contributed by atoms with E-state index in [4.69, 9.17) is 9.47 Å². The Morgan fingerprint density at radius 2 is 1.40 bits per heavy atom. The maximum atomic E-state index is 15.4. The lowest BCUT2D eigenvalue weighted by Crippen LogP contribution is -2.54. The van der Waals surface area contributed by atoms with Gasteiger partial charge in [-0.1, -0.05) is 84.0 Å². The fraction of sp³-hybridized carbons (Fsp3) is 0.451. The lowest BCUT2D eigenvalue weighted by atomic mass is 9.87. The molecule has 1 saturated heterocycles. The molecule has 4 N–H and O–H groups in total. The molecule has 6 rings (SSSR count). The predicted octanol–water partition coefficient (Wildman–Crippen LogP) is 8.38. The molecule has 0 aromatic heterocycles. The first kappa shape index (κ1) is 49.8. The number of Topliss-reactive ketones (excluding diaryl/α,β-unsaturated/α-hetero) is 1. The van der Waals surface area contributed by atoms with Gasteiger partial charge in [-0.25, -0.2) is 18.4 Å². The summed E-state index contributed by atoms with van der Waals surface area (Å²) in [6.45, 7) is 9.97. The van der Waals surface area contributed by atoms with Crippen LogP contribution in [0.25, 0.3) is 11.6 Å². The summed E-state index contributed by atoms with van der Waals surface area (Å²) >= 11 is 0. The molecule has 3 aliphatic rings. The Kier molecular flexibility index (Phi) is 16.2. The SMILES string of the molecule is COC(=O)N[C@H](C(=O)C(C)CC(F)C[C@H](C)C(=O)Nc1ccc2c(c1)C=C1C=C(C2)C(c2ccccc2)Oc2cc(NC(=O)[C@@H]3C[C@@H](F)CN3C(=O)[C@@H](NC(=O)OC)C(C)C)ccc21)C(C)C. The second-order valence-corrected chi connectivity index (χ2v) is 18.3. The van der Waals surface area contributed by atoms with Gasteiger partial charge < -0.3 is 40.4 Å². The van der Waals surface area contributed by atoms with Crippen LogP contribution < -0.4 is 26.0 Å². The van der Waals surface area contributed by atoms with Gasteiger partial charge in [0.05, 0.1) is 26.8 Å². The summed E-state index contributed by atoms with van der Waals surface area (Å²) in [4.78, 5) is 79.2. The van der Waals surface area contributed by atoms with E-state index in [0.29, 0.717) is 23.5 Å². The van der Waals surface area contributed by atoms with Crippen molar-refractivity contribution >= 4 is 58.7 Å². The molecule has 16 heteroatoms. The fourth-order valence-electron chi connectivity index (χ4n) is 8.81. The maximum absolute atomic E-state index is 15.4. The lowest BCUT2D eigenvalue weighted by molar-refractivity contribution is -0.139. The smallest absolute Gasteiger partial charge is 0.407 e. The van der Waals surface area contributed by atoms with Gasteiger partial charge in [-0.3, -0.25) is 19.2 Å². The van der Waals surface area contributed by atoms with Crippen LogP contribution in [0.4, 0.5) is 29.7 Å². The van der Waals surface area contributed by atoms with Crippen molar-refractivity contribution in [1.29, 1.82) is 0 Å². The normalized spacial score (nSPS) is 19.6. The Hall–Kier alpha value is -6.58. The van der Waals surface area contributed by atoms with Crippen LogP contribution in [0.5, 0.6) is 5.75 Å². The number of amides is 5. The molecule has 14 nitrogen and oxygen atoms in total. The van der Waals surface area contributed by atoms with Gasteiger partial charge in [0.2, 0.25) is 17.7 Å². The second kappa shape index (κ2) is 21.8. The van der Waals surface area contributed by atoms with Crippen molar-refractivity contribution in [2.24, 2.45) is 23.7 Å². The molecule has 2 heterocycles. The molecule has 0 spiro atoms. The van der Waals surface area contributed by atoms with Crippen molar-refractivity contribution in [2.75, 3.05) is 31.4 Å². The van der Waals surface area contributed by atoms with Crippen molar-refractivity contribution in [3.05, 3.63) is 101 Å². The first-order valence-electron chi connectivity index (χ1n) is 22.7. The largest absolute Gasteiger partial charge is 0.481 e. The molecule has 8 atom stereocenters. The number of ketones is 1. The number of hydrogen-bond acceptors (Lipinski definition) is 9. The molecule has 358 valence electrons. The fourth-order valence-corrected chi connectivity index (χ4v) is 8.81. The molecule has 5 amide bonds. The van der Waals surface area contributed by atoms with E-state index in [0.717, 1.165) is 33.4 Å². The van der Waals surface area contributed by atoms with Crippen molar-refractivity contribution in [2.45, 2.75) is 104 Å². The molecule has 0 saturated carbocycles. The number of fused-ring (bicyclic) bond motifs is 4. The number of alkyl carbamates (subject to hydrolysis) is 2. The Bertz CT molecular complexity index is 2410. The van der Waals surface area contributed by atoms with E-state index in [-0.39, 0.29) is 49.3 Å². The van der Waals surface area contributed by atoms with Crippen LogP contribution >= 0.6 is 0 Å². The molecular weight excluding hydrogens is 865 g/mol. The van der Waals surface area contributed by atoms with Crippen molar-refractivity contribution < 1.29 is 51.8 Å². The van der Waals surface area contributed by atoms with Crippen LogP contribution in [0.15, 0.2) is 78.4 Å². The first-order chi connectivity index (χ1) is 31.9. The van der Waals surface area contributed by atoms with Gasteiger partial charge in [0.15, 0.2) is 5.78 Å². The van der Waals surface area contributed by atoms with Gasteiger partial charge in [-0.15, -0.1) is 0 Å². The Morgan fingerprint density at radius 3 is 2.06 bits per heavy atom. The number of rotatable bonds is 16. The van der Waals surface area contributed by atoms with Crippen molar-refractivity contribution in [3.8, 4) is 5.75 Å². The summed E-state index contributed by atoms with van der Waals surface area (Å²) in [6, 6.07) is 17.6. The minimum absolute atomic E-state index is 0.108. The Balaban J connectivity index is 1.20. The molecule has 3 unspecified atom stereocenters. The third-order valence-corrected chi connectivity index (χ3v) is 12.5. The van der Waals surface area contributed by atoms with E-state index in [1.807, 2.05) is 60.7 Å². The average molecular weight is 926 g/mol. The Labute approximate surface area is 390 Å². The standard InChI is InChI=1S/C51H61F2N5O9/c1-27(2)43(56-50(63)65-7)45(59)29(5)18-36(52)19-30(6)47(60)54-38-15-14-32-20-35-22-34(21-33(32)23-38)40-17-16-39(25-42(40)67-46(35)31-12-10-9-11-13-31)55-48(61)41-24-37(53)26-58(41)49(62)44(28(3)4)57-51(64)66-8/h9-17,21-23,25,27-30,36-37,41,43-44,46H,18-20,24,26H2,1-8H3,(H,54,60)(H,55,61)(H,56,63)(H,57,64)/t29?,30-,36?,37+,41-,43-,44-,46?/m0/s1. The second-order valence-electron chi connectivity index (χ2n) is 18.3. The number of anilines is 2. The zero-order valence-electron chi connectivity index (χ0n) is 39.2. The van der Waals surface area contributed by atoms with Gasteiger partial charge in [-0.2, -0.15) is 0 Å². The molecule has 1 aliphatic carbocycles. The van der Waals surface area contributed by atoms with Crippen LogP contribution in [-0.2, 0) is 35.1 Å². The number of allylic oxidation sites excluding steroid dienone is 2. The monoisotopic (exact) mass is 925 g/mol. The average Bonchev–Trinajstić information content (AvgIpc) is 3.51. The number of nitrogens with one attached hydrogen (secondary N) is 4. The maximum Gasteiger partial charge on any atom is 0.407 e. The third kappa shape index (κ3) is 12.1. The molecule has 67 heavy (non-hydrogen) atoms. The van der Waals surface area contributed by atoms with Gasteiger partial charge in [0, 0.05) is 41.3 Å². The molecular formula is C51H61F2N5O9. The van der Waals surface area contributed by atoms with Crippen LogP contribution in [0.2, 0.25) is 0 Å². The van der Waals surface area contributed by atoms with E-state index in [1.165, 1.54) is 19.1 Å². The number of carbonyl (C=O) groups excluding carboxylic acids is 6. The van der Waals surface area contributed by atoms with Crippen LogP contribution in [-0.4, -0.2) is 91.8 Å². The molecule has 2 bridgehead atoms. The number of ether oxygens (including phenoxy) is 3. The number of halogens is 2. The van der Waals surface area contributed by atoms with E-state index < -0.39 is 72.4 Å². The number of methoxy groups -OCH3 is 2. The molecule has 0 radical (unpaired) electrons. The Morgan fingerprint density at radius 1 is 0.776 bits per heavy atom. The number of carbonyl (C=O) groups is 6. The highest BCUT2D eigenvalue weighted by atomic mass is 19.1. The zero-order valence-corrected chi connectivity index (χ0v) is 39.2. The van der Waals surface area contributed by atoms with Crippen LogP contribution in [0, 0.1) is 23.7 Å². The van der Waals surface area contributed by atoms with E-state index in [2.05, 4.69) is 32.1 Å². The first-order valence-corrected chi connectivity index (χ1v) is 22.7. The van der Waals surface area contributed by atoms with Crippen molar-refractivity contribution in [1.82, 2.24) is 15.5 Å². The summed E-state index contributed by atoms with van der Waals surface area (Å²) in [5.74, 6) is -3.44. The van der Waals surface area contributed by atoms with Gasteiger partial charge in [0.1, 0.15) is 36.3 Å². The minimum Gasteiger partial charge on any atom is -0.481 e. The molecule has 3 aromatic rings. The van der Waals surface area contributed by atoms with Crippen LogP contribution in [0.1, 0.15) is 89.2 Å². The lowest BCUT2D eigenvalue weighted by Gasteiger charge is -2.30. The predicted molar refractivity (Wildman–Crippen MR) is 250 cm³/mol. The minimum atomic E-state index is -1.45. The van der Waals surface area contributed by atoms with Gasteiger partial charge >= 0.3 is 12.2 Å². The zero-order chi connectivity index (χ0) is 48.7. The summed E-state index contributed by atoms with van der Waals surface area (Å²) in [5, 5.41) is 10.9. The number of alkyl halides is 2. The summed E-state index contributed by atoms with van der Waals surface area (Å²) < 4.78 is 46.5. The quantitative estimate of drug-likeness (QED) is 0.110. The van der Waals surface area contributed by atoms with E-state index in [9.17, 15) is 33.2 Å². The summed E-state index contributed by atoms with van der Waals surface area (Å²) in [6.07, 6.45) is -0.817.